The van der Waals surface area contributed by atoms with Crippen LogP contribution >= 0.6 is 35.7 Å². The number of rotatable bonds is 4. The van der Waals surface area contributed by atoms with Crippen LogP contribution in [0.25, 0.3) is 0 Å². The fourth-order valence-electron chi connectivity index (χ4n) is 2.97. The molecule has 0 aromatic carbocycles. The molecule has 0 saturated carbocycles. The number of halogens is 1. The highest BCUT2D eigenvalue weighted by molar-refractivity contribution is 14.0. The smallest absolute Gasteiger partial charge is 0.191 e. The van der Waals surface area contributed by atoms with E-state index in [0.717, 1.165) is 43.0 Å². The fourth-order valence-corrected chi connectivity index (χ4v) is 4.17. The summed E-state index contributed by atoms with van der Waals surface area (Å²) in [6, 6.07) is 0. The van der Waals surface area contributed by atoms with Crippen molar-refractivity contribution in [3.63, 3.8) is 0 Å². The van der Waals surface area contributed by atoms with Crippen molar-refractivity contribution in [2.75, 3.05) is 19.3 Å². The molecule has 2 N–H and O–H groups in total. The van der Waals surface area contributed by atoms with Gasteiger partial charge >= 0.3 is 0 Å². The molecule has 1 atom stereocenters. The molecule has 1 saturated heterocycles. The quantitative estimate of drug-likeness (QED) is 0.433. The molecule has 22 heavy (non-hydrogen) atoms. The number of thioether (sulfide) groups is 1. The second-order valence-electron chi connectivity index (χ2n) is 5.74. The van der Waals surface area contributed by atoms with Gasteiger partial charge in [-0.25, -0.2) is 4.98 Å². The van der Waals surface area contributed by atoms with Crippen molar-refractivity contribution in [1.82, 2.24) is 20.2 Å². The van der Waals surface area contributed by atoms with Crippen molar-refractivity contribution in [1.29, 1.82) is 0 Å². The molecule has 0 bridgehead atoms. The summed E-state index contributed by atoms with van der Waals surface area (Å²) < 4.78 is 2.30. The van der Waals surface area contributed by atoms with E-state index in [1.165, 1.54) is 37.3 Å². The summed E-state index contributed by atoms with van der Waals surface area (Å²) in [5.74, 6) is 3.43. The topological polar surface area (TPSA) is 54.2 Å². The number of aliphatic imine (C=N–C) groups is 1. The maximum Gasteiger partial charge on any atom is 0.191 e. The lowest BCUT2D eigenvalue weighted by Crippen LogP contribution is -2.39. The van der Waals surface area contributed by atoms with Gasteiger partial charge in [0, 0.05) is 38.0 Å². The highest BCUT2D eigenvalue weighted by Crippen LogP contribution is 2.25. The Bertz CT molecular complexity index is 473. The van der Waals surface area contributed by atoms with Gasteiger partial charge in [-0.15, -0.1) is 24.0 Å². The zero-order valence-corrected chi connectivity index (χ0v) is 16.3. The summed E-state index contributed by atoms with van der Waals surface area (Å²) in [6.07, 6.45) is 8.52. The van der Waals surface area contributed by atoms with Gasteiger partial charge in [0.2, 0.25) is 0 Å². The number of imidazole rings is 1. The maximum atomic E-state index is 4.71. The van der Waals surface area contributed by atoms with Crippen LogP contribution in [0.15, 0.2) is 11.2 Å². The third-order valence-electron chi connectivity index (χ3n) is 4.14. The predicted molar refractivity (Wildman–Crippen MR) is 104 cm³/mol. The van der Waals surface area contributed by atoms with Crippen molar-refractivity contribution in [3.8, 4) is 0 Å². The molecule has 3 heterocycles. The standard InChI is InChI=1S/C15H25N5S.HI/c1-16-15(18-10-13-5-4-8-21-13)17-9-12-11-20-7-3-2-6-14(20)19-12;/h11,13H,2-10H2,1H3,(H2,16,17,18);1H. The first-order valence-electron chi connectivity index (χ1n) is 7.96. The zero-order chi connectivity index (χ0) is 14.5. The average molecular weight is 435 g/mol. The van der Waals surface area contributed by atoms with Crippen LogP contribution in [-0.4, -0.2) is 40.1 Å². The molecule has 3 rings (SSSR count). The Morgan fingerprint density at radius 1 is 1.41 bits per heavy atom. The van der Waals surface area contributed by atoms with Gasteiger partial charge in [-0.3, -0.25) is 4.99 Å². The van der Waals surface area contributed by atoms with Gasteiger partial charge in [0.05, 0.1) is 12.2 Å². The van der Waals surface area contributed by atoms with Crippen LogP contribution in [0.5, 0.6) is 0 Å². The minimum atomic E-state index is 0. The fraction of sp³-hybridized carbons (Fsp3) is 0.733. The molecule has 7 heteroatoms. The van der Waals surface area contributed by atoms with E-state index in [9.17, 15) is 0 Å². The van der Waals surface area contributed by atoms with E-state index < -0.39 is 0 Å². The van der Waals surface area contributed by atoms with Crippen LogP contribution < -0.4 is 10.6 Å². The number of aromatic nitrogens is 2. The number of fused-ring (bicyclic) bond motifs is 1. The SMILES string of the molecule is CN=C(NCc1cn2c(n1)CCCC2)NCC1CCCS1.I. The largest absolute Gasteiger partial charge is 0.355 e. The first kappa shape index (κ1) is 17.9. The van der Waals surface area contributed by atoms with Crippen molar-refractivity contribution >= 4 is 41.7 Å². The monoisotopic (exact) mass is 435 g/mol. The Hall–Kier alpha value is -0.440. The highest BCUT2D eigenvalue weighted by atomic mass is 127. The Kier molecular flexibility index (Phi) is 7.33. The van der Waals surface area contributed by atoms with Crippen LogP contribution in [0.3, 0.4) is 0 Å². The molecule has 1 aromatic rings. The van der Waals surface area contributed by atoms with E-state index in [4.69, 9.17) is 4.98 Å². The molecule has 0 spiro atoms. The third-order valence-corrected chi connectivity index (χ3v) is 5.54. The van der Waals surface area contributed by atoms with Crippen molar-refractivity contribution < 1.29 is 0 Å². The Morgan fingerprint density at radius 3 is 3.05 bits per heavy atom. The van der Waals surface area contributed by atoms with Gasteiger partial charge in [-0.1, -0.05) is 0 Å². The lowest BCUT2D eigenvalue weighted by Gasteiger charge is -2.14. The molecule has 124 valence electrons. The lowest BCUT2D eigenvalue weighted by molar-refractivity contribution is 0.522. The summed E-state index contributed by atoms with van der Waals surface area (Å²) in [5.41, 5.74) is 1.12. The van der Waals surface area contributed by atoms with Gasteiger partial charge < -0.3 is 15.2 Å². The van der Waals surface area contributed by atoms with E-state index in [1.54, 1.807) is 0 Å². The van der Waals surface area contributed by atoms with Gasteiger partial charge in [0.25, 0.3) is 0 Å². The first-order valence-corrected chi connectivity index (χ1v) is 9.01. The minimum absolute atomic E-state index is 0. The van der Waals surface area contributed by atoms with Crippen molar-refractivity contribution in [2.45, 2.75) is 50.4 Å². The molecule has 2 aliphatic rings. The van der Waals surface area contributed by atoms with E-state index in [0.29, 0.717) is 0 Å². The van der Waals surface area contributed by atoms with E-state index in [-0.39, 0.29) is 24.0 Å². The Balaban J connectivity index is 0.00000176. The highest BCUT2D eigenvalue weighted by Gasteiger charge is 2.16. The molecule has 5 nitrogen and oxygen atoms in total. The van der Waals surface area contributed by atoms with Gasteiger partial charge in [-0.05, 0) is 31.4 Å². The molecule has 2 aliphatic heterocycles. The van der Waals surface area contributed by atoms with Crippen LogP contribution in [0.2, 0.25) is 0 Å². The third kappa shape index (κ3) is 4.78. The van der Waals surface area contributed by atoms with E-state index >= 15 is 0 Å². The summed E-state index contributed by atoms with van der Waals surface area (Å²) in [6.45, 7) is 2.87. The van der Waals surface area contributed by atoms with Crippen LogP contribution in [-0.2, 0) is 19.5 Å². The number of nitrogens with zero attached hydrogens (tertiary/aromatic N) is 3. The number of hydrogen-bond donors (Lipinski definition) is 2. The normalized spacial score (nSPS) is 21.1. The van der Waals surface area contributed by atoms with Gasteiger partial charge in [0.1, 0.15) is 5.82 Å². The number of nitrogens with one attached hydrogen (secondary N) is 2. The van der Waals surface area contributed by atoms with Crippen LogP contribution in [0.1, 0.15) is 37.2 Å². The molecule has 1 aromatic heterocycles. The van der Waals surface area contributed by atoms with Crippen LogP contribution in [0, 0.1) is 0 Å². The number of aryl methyl sites for hydroxylation is 2. The summed E-state index contributed by atoms with van der Waals surface area (Å²) in [7, 11) is 1.83. The Labute approximate surface area is 154 Å². The number of hydrogen-bond acceptors (Lipinski definition) is 3. The summed E-state index contributed by atoms with van der Waals surface area (Å²) in [5, 5.41) is 7.54. The van der Waals surface area contributed by atoms with Crippen LogP contribution in [0.4, 0.5) is 0 Å². The zero-order valence-electron chi connectivity index (χ0n) is 13.2. The van der Waals surface area contributed by atoms with Crippen molar-refractivity contribution in [3.05, 3.63) is 17.7 Å². The van der Waals surface area contributed by atoms with E-state index in [1.807, 2.05) is 7.05 Å². The predicted octanol–water partition coefficient (Wildman–Crippen LogP) is 2.40. The molecule has 0 aliphatic carbocycles. The molecule has 0 radical (unpaired) electrons. The van der Waals surface area contributed by atoms with Crippen molar-refractivity contribution in [2.24, 2.45) is 4.99 Å². The first-order chi connectivity index (χ1) is 10.3. The molecule has 0 amide bonds. The summed E-state index contributed by atoms with van der Waals surface area (Å²) in [4.78, 5) is 9.00. The average Bonchev–Trinajstić information content (AvgIpc) is 3.16. The minimum Gasteiger partial charge on any atom is -0.355 e. The molecular weight excluding hydrogens is 409 g/mol. The lowest BCUT2D eigenvalue weighted by atomic mass is 10.2. The Morgan fingerprint density at radius 2 is 2.32 bits per heavy atom. The van der Waals surface area contributed by atoms with Gasteiger partial charge in [-0.2, -0.15) is 11.8 Å². The van der Waals surface area contributed by atoms with E-state index in [2.05, 4.69) is 38.2 Å². The second-order valence-corrected chi connectivity index (χ2v) is 7.15. The number of guanidine groups is 1. The second kappa shape index (κ2) is 9.00. The molecular formula is C15H26IN5S. The summed E-state index contributed by atoms with van der Waals surface area (Å²) >= 11 is 2.07. The molecule has 1 fully saturated rings. The maximum absolute atomic E-state index is 4.71. The molecule has 1 unspecified atom stereocenters. The van der Waals surface area contributed by atoms with Gasteiger partial charge in [0.15, 0.2) is 5.96 Å².